The fourth-order valence-electron chi connectivity index (χ4n) is 6.42. The molecule has 0 bridgehead atoms. The van der Waals surface area contributed by atoms with E-state index in [1.165, 1.54) is 97.0 Å². The van der Waals surface area contributed by atoms with E-state index in [2.05, 4.69) is 28.5 Å². The van der Waals surface area contributed by atoms with Gasteiger partial charge < -0.3 is 23.8 Å². The average Bonchev–Trinajstić information content (AvgIpc) is 3.14. The largest absolute Gasteiger partial charge is 0.469 e. The maximum absolute atomic E-state index is 12.1. The molecule has 10 heteroatoms. The zero-order valence-electron chi connectivity index (χ0n) is 34.9. The molecule has 0 heterocycles. The summed E-state index contributed by atoms with van der Waals surface area (Å²) in [5, 5.41) is 0. The molecule has 0 amide bonds. The number of carbonyl (C=O) groups excluding carboxylic acids is 4. The summed E-state index contributed by atoms with van der Waals surface area (Å²) in [4.78, 5) is 48.7. The number of rotatable bonds is 40. The van der Waals surface area contributed by atoms with Crippen LogP contribution in [-0.2, 0) is 38.1 Å². The molecule has 312 valence electrons. The molecule has 9 nitrogen and oxygen atoms in total. The Bertz CT molecular complexity index is 811. The van der Waals surface area contributed by atoms with Gasteiger partial charge in [-0.15, -0.1) is 7.92 Å². The first-order valence-corrected chi connectivity index (χ1v) is 23.5. The van der Waals surface area contributed by atoms with Crippen LogP contribution < -0.4 is 0 Å². The summed E-state index contributed by atoms with van der Waals surface area (Å²) in [6, 6.07) is 0. The summed E-state index contributed by atoms with van der Waals surface area (Å²) < 4.78 is 20.2. The lowest BCUT2D eigenvalue weighted by atomic mass is 10.1. The molecule has 0 rings (SSSR count). The van der Waals surface area contributed by atoms with Gasteiger partial charge in [-0.25, -0.2) is 0 Å². The van der Waals surface area contributed by atoms with E-state index in [-0.39, 0.29) is 31.8 Å². The van der Waals surface area contributed by atoms with Gasteiger partial charge in [-0.1, -0.05) is 96.3 Å². The second-order valence-corrected chi connectivity index (χ2v) is 17.8. The molecule has 0 aromatic carbocycles. The SMILES string of the molecule is COC(=O)CCCCCCCCOC(=O)CCCCCCCP(CCCCCCCC(=O)OCCCCCCCCC(=O)OC)CCCCCN(C)C. The highest BCUT2D eigenvalue weighted by molar-refractivity contribution is 7.57. The van der Waals surface area contributed by atoms with E-state index >= 15 is 0 Å². The van der Waals surface area contributed by atoms with E-state index in [0.717, 1.165) is 103 Å². The van der Waals surface area contributed by atoms with Crippen molar-refractivity contribution in [2.24, 2.45) is 0 Å². The first-order valence-electron chi connectivity index (χ1n) is 21.6. The van der Waals surface area contributed by atoms with E-state index in [0.29, 0.717) is 38.9 Å². The van der Waals surface area contributed by atoms with Crippen LogP contribution in [0.4, 0.5) is 0 Å². The molecule has 0 aliphatic carbocycles. The number of carbonyl (C=O) groups is 4. The summed E-state index contributed by atoms with van der Waals surface area (Å²) in [5.74, 6) is -0.364. The van der Waals surface area contributed by atoms with Gasteiger partial charge in [0.1, 0.15) is 0 Å². The Kier molecular flexibility index (Phi) is 38.6. The number of methoxy groups -OCH3 is 2. The lowest BCUT2D eigenvalue weighted by molar-refractivity contribution is -0.144. The molecule has 0 fully saturated rings. The van der Waals surface area contributed by atoms with E-state index in [1.54, 1.807) is 0 Å². The quantitative estimate of drug-likeness (QED) is 0.0260. The third-order valence-electron chi connectivity index (χ3n) is 9.82. The zero-order valence-corrected chi connectivity index (χ0v) is 35.8. The maximum atomic E-state index is 12.1. The van der Waals surface area contributed by atoms with Gasteiger partial charge in [-0.3, -0.25) is 19.2 Å². The molecule has 0 aliphatic rings. The van der Waals surface area contributed by atoms with Gasteiger partial charge >= 0.3 is 23.9 Å². The average molecular weight is 772 g/mol. The monoisotopic (exact) mass is 772 g/mol. The molecule has 0 aromatic rings. The van der Waals surface area contributed by atoms with Crippen LogP contribution in [0.5, 0.6) is 0 Å². The van der Waals surface area contributed by atoms with Gasteiger partial charge in [0.25, 0.3) is 0 Å². The van der Waals surface area contributed by atoms with Crippen LogP contribution in [0, 0.1) is 0 Å². The van der Waals surface area contributed by atoms with E-state index in [1.807, 2.05) is 0 Å². The number of hydrogen-bond donors (Lipinski definition) is 0. The van der Waals surface area contributed by atoms with Gasteiger partial charge in [0.2, 0.25) is 0 Å². The minimum absolute atomic E-state index is 0.0511. The summed E-state index contributed by atoms with van der Waals surface area (Å²) in [6.45, 7) is 2.24. The summed E-state index contributed by atoms with van der Waals surface area (Å²) in [7, 11) is 7.28. The molecule has 0 unspecified atom stereocenters. The van der Waals surface area contributed by atoms with E-state index < -0.39 is 0 Å². The lowest BCUT2D eigenvalue weighted by Crippen LogP contribution is -2.12. The summed E-state index contributed by atoms with van der Waals surface area (Å²) in [6.07, 6.45) is 34.2. The third-order valence-corrected chi connectivity index (χ3v) is 12.7. The number of ether oxygens (including phenoxy) is 4. The highest BCUT2D eigenvalue weighted by Gasteiger charge is 2.10. The van der Waals surface area contributed by atoms with E-state index in [4.69, 9.17) is 9.47 Å². The van der Waals surface area contributed by atoms with Gasteiger partial charge in [-0.05, 0) is 103 Å². The van der Waals surface area contributed by atoms with E-state index in [9.17, 15) is 19.2 Å². The van der Waals surface area contributed by atoms with Crippen LogP contribution in [0.25, 0.3) is 0 Å². The van der Waals surface area contributed by atoms with Crippen molar-refractivity contribution in [3.05, 3.63) is 0 Å². The van der Waals surface area contributed by atoms with Crippen molar-refractivity contribution < 1.29 is 38.1 Å². The van der Waals surface area contributed by atoms with Gasteiger partial charge in [0.05, 0.1) is 27.4 Å². The molecule has 0 N–H and O–H groups in total. The van der Waals surface area contributed by atoms with Crippen LogP contribution >= 0.6 is 7.92 Å². The predicted octanol–water partition coefficient (Wildman–Crippen LogP) is 10.8. The lowest BCUT2D eigenvalue weighted by Gasteiger charge is -2.18. The first kappa shape index (κ1) is 51.3. The van der Waals surface area contributed by atoms with Gasteiger partial charge in [0.15, 0.2) is 0 Å². The molecule has 53 heavy (non-hydrogen) atoms. The normalized spacial score (nSPS) is 11.3. The van der Waals surface area contributed by atoms with Crippen LogP contribution in [0.2, 0.25) is 0 Å². The Labute approximate surface area is 326 Å². The number of unbranched alkanes of at least 4 members (excludes halogenated alkanes) is 20. The molecule has 0 aliphatic heterocycles. The Hall–Kier alpha value is -1.73. The maximum Gasteiger partial charge on any atom is 0.305 e. The molecule has 0 saturated carbocycles. The number of hydrogen-bond acceptors (Lipinski definition) is 9. The van der Waals surface area contributed by atoms with Crippen molar-refractivity contribution >= 4 is 31.8 Å². The van der Waals surface area contributed by atoms with Crippen molar-refractivity contribution in [1.29, 1.82) is 0 Å². The summed E-state index contributed by atoms with van der Waals surface area (Å²) in [5.41, 5.74) is 0. The molecule has 0 atom stereocenters. The standard InChI is InChI=1S/C43H82NO8P/c1-44(2)34-24-19-29-39-53(37-27-17-9-13-22-32-42(47)51-35-25-15-7-5-11-20-30-40(45)49-3)38-28-18-10-14-23-33-43(48)52-36-26-16-8-6-12-21-31-41(46)50-4/h5-39H2,1-4H3. The highest BCUT2D eigenvalue weighted by Crippen LogP contribution is 2.39. The zero-order chi connectivity index (χ0) is 39.0. The van der Waals surface area contributed by atoms with Crippen molar-refractivity contribution in [1.82, 2.24) is 4.90 Å². The Morgan fingerprint density at radius 1 is 0.377 bits per heavy atom. The topological polar surface area (TPSA) is 108 Å². The van der Waals surface area contributed by atoms with Crippen LogP contribution in [0.15, 0.2) is 0 Å². The highest BCUT2D eigenvalue weighted by atomic mass is 31.1. The van der Waals surface area contributed by atoms with Crippen LogP contribution in [0.3, 0.4) is 0 Å². The van der Waals surface area contributed by atoms with Crippen molar-refractivity contribution in [2.75, 3.05) is 66.6 Å². The first-order chi connectivity index (χ1) is 25.8. The summed E-state index contributed by atoms with van der Waals surface area (Å²) >= 11 is 0. The second kappa shape index (κ2) is 39.9. The second-order valence-electron chi connectivity index (χ2n) is 15.1. The van der Waals surface area contributed by atoms with Gasteiger partial charge in [-0.2, -0.15) is 0 Å². The molecular formula is C43H82NO8P. The van der Waals surface area contributed by atoms with Crippen molar-refractivity contribution in [3.8, 4) is 0 Å². The van der Waals surface area contributed by atoms with Crippen LogP contribution in [-0.4, -0.2) is 95.3 Å². The molecular weight excluding hydrogens is 689 g/mol. The fourth-order valence-corrected chi connectivity index (χ4v) is 9.11. The predicted molar refractivity (Wildman–Crippen MR) is 220 cm³/mol. The van der Waals surface area contributed by atoms with Crippen molar-refractivity contribution in [3.63, 3.8) is 0 Å². The van der Waals surface area contributed by atoms with Crippen molar-refractivity contribution in [2.45, 2.75) is 186 Å². The fraction of sp³-hybridized carbons (Fsp3) is 0.907. The number of esters is 4. The third kappa shape index (κ3) is 39.8. The minimum atomic E-state index is -0.131. The molecule has 0 radical (unpaired) electrons. The Morgan fingerprint density at radius 2 is 0.660 bits per heavy atom. The van der Waals surface area contributed by atoms with Crippen LogP contribution in [0.1, 0.15) is 186 Å². The Morgan fingerprint density at radius 3 is 1.00 bits per heavy atom. The molecule has 0 spiro atoms. The smallest absolute Gasteiger partial charge is 0.305 e. The van der Waals surface area contributed by atoms with Gasteiger partial charge in [0, 0.05) is 25.7 Å². The molecule has 0 saturated heterocycles. The Balaban J connectivity index is 3.90. The minimum Gasteiger partial charge on any atom is -0.469 e. The number of nitrogens with zero attached hydrogens (tertiary/aromatic N) is 1. The molecule has 0 aromatic heterocycles.